The average Bonchev–Trinajstić information content (AvgIpc) is 2.29. The number of rotatable bonds is 5. The van der Waals surface area contributed by atoms with Gasteiger partial charge in [-0.05, 0) is 44.8 Å². The summed E-state index contributed by atoms with van der Waals surface area (Å²) in [5, 5.41) is 3.16. The van der Waals surface area contributed by atoms with Gasteiger partial charge in [0.25, 0.3) is 0 Å². The lowest BCUT2D eigenvalue weighted by atomic mass is 9.94. The third-order valence-electron chi connectivity index (χ3n) is 3.72. The van der Waals surface area contributed by atoms with Gasteiger partial charge in [0.2, 0.25) is 5.91 Å². The van der Waals surface area contributed by atoms with E-state index >= 15 is 0 Å². The second-order valence-corrected chi connectivity index (χ2v) is 5.58. The minimum Gasteiger partial charge on any atom is -0.353 e. The van der Waals surface area contributed by atoms with Gasteiger partial charge in [0.1, 0.15) is 0 Å². The predicted octanol–water partition coefficient (Wildman–Crippen LogP) is 0.818. The lowest BCUT2D eigenvalue weighted by Gasteiger charge is -2.35. The molecular weight excluding hydrogens is 214 g/mol. The largest absolute Gasteiger partial charge is 0.353 e. The highest BCUT2D eigenvalue weighted by atomic mass is 16.1. The molecule has 1 saturated heterocycles. The van der Waals surface area contributed by atoms with E-state index in [1.54, 1.807) is 0 Å². The molecule has 1 aliphatic rings. The number of hydrogen-bond donors (Lipinski definition) is 2. The topological polar surface area (TPSA) is 58.4 Å². The molecule has 0 aromatic carbocycles. The summed E-state index contributed by atoms with van der Waals surface area (Å²) in [6.45, 7) is 7.12. The van der Waals surface area contributed by atoms with E-state index in [0.29, 0.717) is 30.8 Å². The van der Waals surface area contributed by atoms with Crippen molar-refractivity contribution in [1.82, 2.24) is 10.2 Å². The van der Waals surface area contributed by atoms with Crippen molar-refractivity contribution in [2.45, 2.75) is 39.2 Å². The van der Waals surface area contributed by atoms with Crippen LogP contribution in [0, 0.1) is 11.8 Å². The van der Waals surface area contributed by atoms with E-state index in [2.05, 4.69) is 31.1 Å². The number of nitrogens with one attached hydrogen (secondary N) is 1. The van der Waals surface area contributed by atoms with Crippen LogP contribution in [0.15, 0.2) is 0 Å². The highest BCUT2D eigenvalue weighted by molar-refractivity contribution is 5.76. The lowest BCUT2D eigenvalue weighted by molar-refractivity contribution is -0.122. The fourth-order valence-corrected chi connectivity index (χ4v) is 2.34. The van der Waals surface area contributed by atoms with Crippen LogP contribution in [0.2, 0.25) is 0 Å². The van der Waals surface area contributed by atoms with Crippen LogP contribution in [0.3, 0.4) is 0 Å². The van der Waals surface area contributed by atoms with Crippen LogP contribution < -0.4 is 11.1 Å². The minimum atomic E-state index is 0.187. The second-order valence-electron chi connectivity index (χ2n) is 5.58. The summed E-state index contributed by atoms with van der Waals surface area (Å²) in [6, 6.07) is 0.354. The molecule has 4 heteroatoms. The van der Waals surface area contributed by atoms with Crippen LogP contribution in [0.4, 0.5) is 0 Å². The number of likely N-dealkylation sites (tertiary alicyclic amines) is 1. The van der Waals surface area contributed by atoms with Crippen molar-refractivity contribution < 1.29 is 4.79 Å². The molecule has 3 N–H and O–H groups in total. The first kappa shape index (κ1) is 14.5. The van der Waals surface area contributed by atoms with E-state index in [1.807, 2.05) is 0 Å². The molecule has 4 nitrogen and oxygen atoms in total. The molecule has 1 amide bonds. The number of amides is 1. The van der Waals surface area contributed by atoms with Gasteiger partial charge < -0.3 is 16.0 Å². The van der Waals surface area contributed by atoms with Crippen LogP contribution in [0.25, 0.3) is 0 Å². The second kappa shape index (κ2) is 6.97. The zero-order valence-corrected chi connectivity index (χ0v) is 11.4. The molecule has 1 fully saturated rings. The molecule has 1 rings (SSSR count). The van der Waals surface area contributed by atoms with Crippen LogP contribution in [-0.4, -0.2) is 43.5 Å². The summed E-state index contributed by atoms with van der Waals surface area (Å²) < 4.78 is 0. The Hall–Kier alpha value is -0.610. The van der Waals surface area contributed by atoms with Gasteiger partial charge in [0, 0.05) is 19.0 Å². The molecule has 0 spiro atoms. The lowest BCUT2D eigenvalue weighted by Crippen LogP contribution is -2.48. The number of nitrogens with two attached hydrogens (primary N) is 1. The Bertz CT molecular complexity index is 245. The minimum absolute atomic E-state index is 0.187. The molecule has 1 aliphatic heterocycles. The van der Waals surface area contributed by atoms with Crippen molar-refractivity contribution in [3.63, 3.8) is 0 Å². The van der Waals surface area contributed by atoms with Gasteiger partial charge in [-0.25, -0.2) is 0 Å². The summed E-state index contributed by atoms with van der Waals surface area (Å²) in [5.74, 6) is 1.17. The normalized spacial score (nSPS) is 27.8. The molecule has 0 saturated carbocycles. The van der Waals surface area contributed by atoms with Crippen molar-refractivity contribution >= 4 is 5.91 Å². The van der Waals surface area contributed by atoms with E-state index in [1.165, 1.54) is 0 Å². The van der Waals surface area contributed by atoms with Crippen LogP contribution in [0.5, 0.6) is 0 Å². The summed E-state index contributed by atoms with van der Waals surface area (Å²) in [7, 11) is 2.14. The zero-order valence-electron chi connectivity index (χ0n) is 11.4. The highest BCUT2D eigenvalue weighted by Gasteiger charge is 2.25. The first-order valence-electron chi connectivity index (χ1n) is 6.71. The van der Waals surface area contributed by atoms with E-state index in [-0.39, 0.29) is 5.91 Å². The summed E-state index contributed by atoms with van der Waals surface area (Å²) in [6.07, 6.45) is 2.57. The van der Waals surface area contributed by atoms with Crippen molar-refractivity contribution in [2.75, 3.05) is 26.7 Å². The zero-order chi connectivity index (χ0) is 12.8. The van der Waals surface area contributed by atoms with Crippen molar-refractivity contribution in [2.24, 2.45) is 17.6 Å². The number of carbonyl (C=O) groups excluding carboxylic acids is 1. The standard InChI is InChI=1S/C13H27N3O/c1-10(8-14)4-5-13(17)15-12-6-7-16(3)9-11(12)2/h10-12H,4-9,14H2,1-3H3,(H,15,17). The maximum Gasteiger partial charge on any atom is 0.220 e. The molecule has 0 aromatic rings. The van der Waals surface area contributed by atoms with Crippen molar-refractivity contribution in [3.8, 4) is 0 Å². The molecule has 0 aliphatic carbocycles. The van der Waals surface area contributed by atoms with Crippen LogP contribution >= 0.6 is 0 Å². The monoisotopic (exact) mass is 241 g/mol. The molecule has 17 heavy (non-hydrogen) atoms. The quantitative estimate of drug-likeness (QED) is 0.749. The fraction of sp³-hybridized carbons (Fsp3) is 0.923. The summed E-state index contributed by atoms with van der Waals surface area (Å²) in [4.78, 5) is 14.1. The van der Waals surface area contributed by atoms with Crippen molar-refractivity contribution in [3.05, 3.63) is 0 Å². The molecular formula is C13H27N3O. The molecule has 0 radical (unpaired) electrons. The van der Waals surface area contributed by atoms with E-state index in [0.717, 1.165) is 25.9 Å². The third kappa shape index (κ3) is 5.04. The smallest absolute Gasteiger partial charge is 0.220 e. The molecule has 3 unspecified atom stereocenters. The maximum atomic E-state index is 11.8. The van der Waals surface area contributed by atoms with Crippen LogP contribution in [0.1, 0.15) is 33.1 Å². The Labute approximate surface area is 105 Å². The van der Waals surface area contributed by atoms with Gasteiger partial charge in [0.15, 0.2) is 0 Å². The first-order chi connectivity index (χ1) is 8.02. The maximum absolute atomic E-state index is 11.8. The predicted molar refractivity (Wildman–Crippen MR) is 70.7 cm³/mol. The SMILES string of the molecule is CC(CN)CCC(=O)NC1CCN(C)CC1C. The van der Waals surface area contributed by atoms with E-state index < -0.39 is 0 Å². The number of hydrogen-bond acceptors (Lipinski definition) is 3. The Kier molecular flexibility index (Phi) is 5.92. The number of piperidine rings is 1. The van der Waals surface area contributed by atoms with Crippen molar-refractivity contribution in [1.29, 1.82) is 0 Å². The average molecular weight is 241 g/mol. The first-order valence-corrected chi connectivity index (χ1v) is 6.71. The molecule has 0 aromatic heterocycles. The van der Waals surface area contributed by atoms with Gasteiger partial charge in [-0.3, -0.25) is 4.79 Å². The highest BCUT2D eigenvalue weighted by Crippen LogP contribution is 2.15. The Morgan fingerprint density at radius 2 is 2.29 bits per heavy atom. The van der Waals surface area contributed by atoms with E-state index in [4.69, 9.17) is 5.73 Å². The van der Waals surface area contributed by atoms with Gasteiger partial charge >= 0.3 is 0 Å². The Morgan fingerprint density at radius 1 is 1.59 bits per heavy atom. The van der Waals surface area contributed by atoms with E-state index in [9.17, 15) is 4.79 Å². The fourth-order valence-electron chi connectivity index (χ4n) is 2.34. The molecule has 100 valence electrons. The van der Waals surface area contributed by atoms with Crippen LogP contribution in [-0.2, 0) is 4.79 Å². The Morgan fingerprint density at radius 3 is 2.88 bits per heavy atom. The number of carbonyl (C=O) groups is 1. The summed E-state index contributed by atoms with van der Waals surface area (Å²) >= 11 is 0. The molecule has 0 bridgehead atoms. The molecule has 1 heterocycles. The third-order valence-corrected chi connectivity index (χ3v) is 3.72. The molecule has 3 atom stereocenters. The summed E-state index contributed by atoms with van der Waals surface area (Å²) in [5.41, 5.74) is 5.54. The van der Waals surface area contributed by atoms with Gasteiger partial charge in [-0.1, -0.05) is 13.8 Å². The van der Waals surface area contributed by atoms with Gasteiger partial charge in [-0.2, -0.15) is 0 Å². The van der Waals surface area contributed by atoms with Gasteiger partial charge in [-0.15, -0.1) is 0 Å². The number of nitrogens with zero attached hydrogens (tertiary/aromatic N) is 1. The Balaban J connectivity index is 2.26. The van der Waals surface area contributed by atoms with Gasteiger partial charge in [0.05, 0.1) is 0 Å².